The lowest BCUT2D eigenvalue weighted by atomic mass is 10.1. The molecule has 1 aromatic heterocycles. The first kappa shape index (κ1) is 14.7. The standard InChI is InChI=1S/C14H25NOS/c1-4-6-12(2)11-16-13(3)9-15-10-14-7-5-8-17-14/h5,7-8,12-13,15H,4,6,9-11H2,1-3H3. The lowest BCUT2D eigenvalue weighted by Gasteiger charge is -2.17. The molecule has 1 rings (SSSR count). The maximum atomic E-state index is 5.82. The fraction of sp³-hybridized carbons (Fsp3) is 0.714. The molecule has 0 saturated heterocycles. The van der Waals surface area contributed by atoms with Crippen molar-refractivity contribution in [2.45, 2.75) is 46.3 Å². The molecule has 2 nitrogen and oxygen atoms in total. The van der Waals surface area contributed by atoms with Gasteiger partial charge in [-0.15, -0.1) is 11.3 Å². The van der Waals surface area contributed by atoms with Gasteiger partial charge in [0.05, 0.1) is 6.10 Å². The molecule has 1 aromatic rings. The van der Waals surface area contributed by atoms with Crippen LogP contribution in [0.2, 0.25) is 0 Å². The van der Waals surface area contributed by atoms with Gasteiger partial charge in [-0.1, -0.05) is 26.3 Å². The molecule has 0 aliphatic rings. The van der Waals surface area contributed by atoms with E-state index in [1.807, 2.05) is 0 Å². The molecular formula is C14H25NOS. The molecule has 98 valence electrons. The first-order valence-corrected chi connectivity index (χ1v) is 7.45. The van der Waals surface area contributed by atoms with Crippen LogP contribution in [0.4, 0.5) is 0 Å². The highest BCUT2D eigenvalue weighted by Crippen LogP contribution is 2.08. The molecule has 3 heteroatoms. The average molecular weight is 255 g/mol. The first-order valence-electron chi connectivity index (χ1n) is 6.57. The van der Waals surface area contributed by atoms with Crippen molar-refractivity contribution in [1.82, 2.24) is 5.32 Å². The molecule has 0 fully saturated rings. The molecule has 2 unspecified atom stereocenters. The summed E-state index contributed by atoms with van der Waals surface area (Å²) in [6, 6.07) is 4.25. The van der Waals surface area contributed by atoms with E-state index in [0.29, 0.717) is 12.0 Å². The Labute approximate surface area is 109 Å². The molecule has 0 amide bonds. The third-order valence-electron chi connectivity index (χ3n) is 2.76. The maximum Gasteiger partial charge on any atom is 0.0671 e. The summed E-state index contributed by atoms with van der Waals surface area (Å²) in [5.74, 6) is 0.680. The Morgan fingerprint density at radius 2 is 2.24 bits per heavy atom. The Kier molecular flexibility index (Phi) is 7.49. The van der Waals surface area contributed by atoms with Gasteiger partial charge < -0.3 is 10.1 Å². The van der Waals surface area contributed by atoms with Crippen molar-refractivity contribution in [2.75, 3.05) is 13.2 Å². The minimum Gasteiger partial charge on any atom is -0.377 e. The molecule has 1 heterocycles. The van der Waals surface area contributed by atoms with Crippen LogP contribution in [0.5, 0.6) is 0 Å². The summed E-state index contributed by atoms with van der Waals surface area (Å²) < 4.78 is 5.82. The lowest BCUT2D eigenvalue weighted by Crippen LogP contribution is -2.27. The van der Waals surface area contributed by atoms with E-state index in [4.69, 9.17) is 4.74 Å². The van der Waals surface area contributed by atoms with Gasteiger partial charge in [0.2, 0.25) is 0 Å². The van der Waals surface area contributed by atoms with Crippen molar-refractivity contribution in [3.63, 3.8) is 0 Å². The number of ether oxygens (including phenoxy) is 1. The minimum absolute atomic E-state index is 0.300. The highest BCUT2D eigenvalue weighted by molar-refractivity contribution is 7.09. The SMILES string of the molecule is CCCC(C)COC(C)CNCc1cccs1. The van der Waals surface area contributed by atoms with E-state index in [9.17, 15) is 0 Å². The zero-order valence-electron chi connectivity index (χ0n) is 11.2. The Bertz CT molecular complexity index is 274. The smallest absolute Gasteiger partial charge is 0.0671 e. The molecule has 0 radical (unpaired) electrons. The van der Waals surface area contributed by atoms with Crippen LogP contribution in [0.15, 0.2) is 17.5 Å². The van der Waals surface area contributed by atoms with Crippen LogP contribution >= 0.6 is 11.3 Å². The van der Waals surface area contributed by atoms with Crippen LogP contribution in [-0.4, -0.2) is 19.3 Å². The summed E-state index contributed by atoms with van der Waals surface area (Å²) in [7, 11) is 0. The summed E-state index contributed by atoms with van der Waals surface area (Å²) in [5.41, 5.74) is 0. The molecule has 0 bridgehead atoms. The van der Waals surface area contributed by atoms with Crippen LogP contribution in [0.3, 0.4) is 0 Å². The van der Waals surface area contributed by atoms with Gasteiger partial charge in [-0.25, -0.2) is 0 Å². The largest absolute Gasteiger partial charge is 0.377 e. The topological polar surface area (TPSA) is 21.3 Å². The van der Waals surface area contributed by atoms with Gasteiger partial charge >= 0.3 is 0 Å². The molecule has 1 N–H and O–H groups in total. The van der Waals surface area contributed by atoms with Gasteiger partial charge in [0.15, 0.2) is 0 Å². The minimum atomic E-state index is 0.300. The Morgan fingerprint density at radius 3 is 2.88 bits per heavy atom. The molecule has 0 saturated carbocycles. The van der Waals surface area contributed by atoms with Crippen molar-refractivity contribution in [3.8, 4) is 0 Å². The lowest BCUT2D eigenvalue weighted by molar-refractivity contribution is 0.0421. The number of rotatable bonds is 9. The van der Waals surface area contributed by atoms with Gasteiger partial charge in [0, 0.05) is 24.6 Å². The summed E-state index contributed by atoms with van der Waals surface area (Å²) in [6.07, 6.45) is 2.81. The second-order valence-corrected chi connectivity index (χ2v) is 5.78. The number of hydrogen-bond donors (Lipinski definition) is 1. The van der Waals surface area contributed by atoms with Crippen molar-refractivity contribution in [3.05, 3.63) is 22.4 Å². The fourth-order valence-electron chi connectivity index (χ4n) is 1.78. The monoisotopic (exact) mass is 255 g/mol. The fourth-order valence-corrected chi connectivity index (χ4v) is 2.45. The Morgan fingerprint density at radius 1 is 1.41 bits per heavy atom. The number of hydrogen-bond acceptors (Lipinski definition) is 3. The molecule has 0 aliphatic heterocycles. The quantitative estimate of drug-likeness (QED) is 0.727. The maximum absolute atomic E-state index is 5.82. The van der Waals surface area contributed by atoms with E-state index < -0.39 is 0 Å². The predicted octanol–water partition coefficient (Wildman–Crippen LogP) is 3.68. The highest BCUT2D eigenvalue weighted by Gasteiger charge is 2.05. The van der Waals surface area contributed by atoms with Crippen LogP contribution in [0, 0.1) is 5.92 Å². The molecular weight excluding hydrogens is 230 g/mol. The van der Waals surface area contributed by atoms with E-state index in [1.165, 1.54) is 17.7 Å². The van der Waals surface area contributed by atoms with Crippen molar-refractivity contribution in [1.29, 1.82) is 0 Å². The van der Waals surface area contributed by atoms with E-state index in [-0.39, 0.29) is 0 Å². The molecule has 0 spiro atoms. The average Bonchev–Trinajstić information content (AvgIpc) is 2.80. The van der Waals surface area contributed by atoms with Crippen LogP contribution in [0.1, 0.15) is 38.5 Å². The summed E-state index contributed by atoms with van der Waals surface area (Å²) in [4.78, 5) is 1.39. The van der Waals surface area contributed by atoms with Crippen LogP contribution in [-0.2, 0) is 11.3 Å². The molecule has 17 heavy (non-hydrogen) atoms. The zero-order valence-corrected chi connectivity index (χ0v) is 12.1. The highest BCUT2D eigenvalue weighted by atomic mass is 32.1. The number of nitrogens with one attached hydrogen (secondary N) is 1. The van der Waals surface area contributed by atoms with Gasteiger partial charge in [-0.3, -0.25) is 0 Å². The summed E-state index contributed by atoms with van der Waals surface area (Å²) >= 11 is 1.80. The second kappa shape index (κ2) is 8.67. The predicted molar refractivity (Wildman–Crippen MR) is 75.5 cm³/mol. The van der Waals surface area contributed by atoms with Crippen LogP contribution in [0.25, 0.3) is 0 Å². The summed E-state index contributed by atoms with van der Waals surface area (Å²) in [6.45, 7) is 9.39. The van der Waals surface area contributed by atoms with Crippen molar-refractivity contribution in [2.24, 2.45) is 5.92 Å². The molecule has 0 aromatic carbocycles. The zero-order chi connectivity index (χ0) is 12.5. The molecule has 2 atom stereocenters. The third kappa shape index (κ3) is 6.81. The molecule has 0 aliphatic carbocycles. The van der Waals surface area contributed by atoms with Gasteiger partial charge in [0.1, 0.15) is 0 Å². The second-order valence-electron chi connectivity index (χ2n) is 4.75. The van der Waals surface area contributed by atoms with E-state index in [0.717, 1.165) is 19.7 Å². The van der Waals surface area contributed by atoms with Crippen LogP contribution < -0.4 is 5.32 Å². The Hall–Kier alpha value is -0.380. The van der Waals surface area contributed by atoms with E-state index in [2.05, 4.69) is 43.6 Å². The third-order valence-corrected chi connectivity index (χ3v) is 3.63. The first-order chi connectivity index (χ1) is 8.22. The van der Waals surface area contributed by atoms with Crippen molar-refractivity contribution >= 4 is 11.3 Å². The van der Waals surface area contributed by atoms with Crippen molar-refractivity contribution < 1.29 is 4.74 Å². The van der Waals surface area contributed by atoms with Gasteiger partial charge in [0.25, 0.3) is 0 Å². The van der Waals surface area contributed by atoms with E-state index in [1.54, 1.807) is 11.3 Å². The van der Waals surface area contributed by atoms with E-state index >= 15 is 0 Å². The van der Waals surface area contributed by atoms with Gasteiger partial charge in [-0.05, 0) is 30.7 Å². The van der Waals surface area contributed by atoms with Gasteiger partial charge in [-0.2, -0.15) is 0 Å². The normalized spacial score (nSPS) is 14.8. The Balaban J connectivity index is 2.03. The summed E-state index contributed by atoms with van der Waals surface area (Å²) in [5, 5.41) is 5.54. The number of thiophene rings is 1.